The SMILES string of the molecule is C[C@H]1Cc2cc(/C(O)=C3\C(=O)C(=O)N(CCCn4ccnc4)[C@@H]3c3ccc(Cl)cc3)ccc2O1. The van der Waals surface area contributed by atoms with Gasteiger partial charge in [0, 0.05) is 42.5 Å². The van der Waals surface area contributed by atoms with E-state index in [1.807, 2.05) is 23.8 Å². The van der Waals surface area contributed by atoms with E-state index in [1.165, 1.54) is 4.90 Å². The number of aliphatic hydroxyl groups is 1. The number of halogens is 1. The number of imidazole rings is 1. The molecule has 174 valence electrons. The Hall–Kier alpha value is -3.58. The number of hydrogen-bond donors (Lipinski definition) is 1. The van der Waals surface area contributed by atoms with Crippen LogP contribution in [-0.4, -0.2) is 43.9 Å². The Morgan fingerprint density at radius 1 is 1.18 bits per heavy atom. The zero-order valence-corrected chi connectivity index (χ0v) is 19.4. The lowest BCUT2D eigenvalue weighted by atomic mass is 9.94. The summed E-state index contributed by atoms with van der Waals surface area (Å²) in [6.07, 6.45) is 6.67. The molecule has 0 radical (unpaired) electrons. The van der Waals surface area contributed by atoms with Crippen LogP contribution in [0.1, 0.15) is 36.1 Å². The van der Waals surface area contributed by atoms with Crippen LogP contribution in [0, 0.1) is 0 Å². The first-order valence-corrected chi connectivity index (χ1v) is 11.6. The predicted octanol–water partition coefficient (Wildman–Crippen LogP) is 4.37. The van der Waals surface area contributed by atoms with Gasteiger partial charge in [-0.1, -0.05) is 23.7 Å². The van der Waals surface area contributed by atoms with E-state index < -0.39 is 17.7 Å². The molecule has 2 aromatic carbocycles. The lowest BCUT2D eigenvalue weighted by Crippen LogP contribution is -2.31. The normalized spacial score (nSPS) is 21.1. The van der Waals surface area contributed by atoms with E-state index >= 15 is 0 Å². The zero-order chi connectivity index (χ0) is 23.8. The third-order valence-corrected chi connectivity index (χ3v) is 6.52. The van der Waals surface area contributed by atoms with Crippen molar-refractivity contribution >= 4 is 29.1 Å². The Morgan fingerprint density at radius 3 is 2.71 bits per heavy atom. The number of likely N-dealkylation sites (tertiary alicyclic amines) is 1. The van der Waals surface area contributed by atoms with Crippen LogP contribution in [0.25, 0.3) is 5.76 Å². The fourth-order valence-corrected chi connectivity index (χ4v) is 4.80. The van der Waals surface area contributed by atoms with Gasteiger partial charge in [-0.05, 0) is 54.8 Å². The van der Waals surface area contributed by atoms with Gasteiger partial charge in [0.05, 0.1) is 17.9 Å². The van der Waals surface area contributed by atoms with E-state index in [1.54, 1.807) is 48.9 Å². The smallest absolute Gasteiger partial charge is 0.295 e. The molecule has 2 atom stereocenters. The van der Waals surface area contributed by atoms with Crippen LogP contribution in [0.2, 0.25) is 5.02 Å². The summed E-state index contributed by atoms with van der Waals surface area (Å²) in [4.78, 5) is 31.8. The third kappa shape index (κ3) is 4.07. The highest BCUT2D eigenvalue weighted by Gasteiger charge is 2.45. The molecule has 0 bridgehead atoms. The number of Topliss-reactive ketones (excluding diaryl/α,β-unsaturated/α-hetero) is 1. The maximum absolute atomic E-state index is 13.2. The molecule has 3 aromatic rings. The quantitative estimate of drug-likeness (QED) is 0.324. The number of aryl methyl sites for hydroxylation is 1. The molecule has 1 aromatic heterocycles. The number of aliphatic hydroxyl groups excluding tert-OH is 1. The molecule has 0 spiro atoms. The number of carbonyl (C=O) groups is 2. The molecule has 1 amide bonds. The van der Waals surface area contributed by atoms with Crippen LogP contribution in [-0.2, 0) is 22.6 Å². The fraction of sp³-hybridized carbons (Fsp3) is 0.269. The molecule has 0 unspecified atom stereocenters. The Balaban J connectivity index is 1.52. The molecule has 8 heteroatoms. The second-order valence-electron chi connectivity index (χ2n) is 8.65. The summed E-state index contributed by atoms with van der Waals surface area (Å²) in [5, 5.41) is 11.8. The van der Waals surface area contributed by atoms with Crippen LogP contribution in [0.3, 0.4) is 0 Å². The fourth-order valence-electron chi connectivity index (χ4n) is 4.67. The van der Waals surface area contributed by atoms with Gasteiger partial charge in [-0.3, -0.25) is 9.59 Å². The predicted molar refractivity (Wildman–Crippen MR) is 128 cm³/mol. The van der Waals surface area contributed by atoms with Crippen molar-refractivity contribution in [2.24, 2.45) is 0 Å². The van der Waals surface area contributed by atoms with Crippen molar-refractivity contribution < 1.29 is 19.4 Å². The highest BCUT2D eigenvalue weighted by Crippen LogP contribution is 2.41. The number of benzene rings is 2. The largest absolute Gasteiger partial charge is 0.507 e. The van der Waals surface area contributed by atoms with Crippen molar-refractivity contribution in [1.82, 2.24) is 14.5 Å². The van der Waals surface area contributed by atoms with Crippen LogP contribution < -0.4 is 4.74 Å². The number of rotatable bonds is 6. The highest BCUT2D eigenvalue weighted by molar-refractivity contribution is 6.46. The average Bonchev–Trinajstić information content (AvgIpc) is 3.53. The summed E-state index contributed by atoms with van der Waals surface area (Å²) < 4.78 is 7.67. The number of aromatic nitrogens is 2. The number of amides is 1. The number of ketones is 1. The summed E-state index contributed by atoms with van der Waals surface area (Å²) in [7, 11) is 0. The number of ether oxygens (including phenoxy) is 1. The van der Waals surface area contributed by atoms with Crippen LogP contribution in [0.5, 0.6) is 5.75 Å². The van der Waals surface area contributed by atoms with E-state index in [0.29, 0.717) is 35.7 Å². The minimum atomic E-state index is -0.705. The molecule has 1 N–H and O–H groups in total. The number of carbonyl (C=O) groups excluding carboxylic acids is 2. The number of hydrogen-bond acceptors (Lipinski definition) is 5. The van der Waals surface area contributed by atoms with Crippen molar-refractivity contribution in [3.05, 3.63) is 88.5 Å². The maximum Gasteiger partial charge on any atom is 0.295 e. The average molecular weight is 478 g/mol. The van der Waals surface area contributed by atoms with Gasteiger partial charge in [0.25, 0.3) is 11.7 Å². The van der Waals surface area contributed by atoms with Crippen LogP contribution in [0.4, 0.5) is 0 Å². The topological polar surface area (TPSA) is 84.7 Å². The molecule has 0 saturated carbocycles. The summed E-state index contributed by atoms with van der Waals surface area (Å²) in [5.41, 5.74) is 2.26. The van der Waals surface area contributed by atoms with Gasteiger partial charge >= 0.3 is 0 Å². The van der Waals surface area contributed by atoms with Gasteiger partial charge in [0.2, 0.25) is 0 Å². The minimum absolute atomic E-state index is 0.0579. The van der Waals surface area contributed by atoms with Gasteiger partial charge in [-0.2, -0.15) is 0 Å². The van der Waals surface area contributed by atoms with E-state index in [9.17, 15) is 14.7 Å². The molecule has 1 saturated heterocycles. The Morgan fingerprint density at radius 2 is 1.97 bits per heavy atom. The maximum atomic E-state index is 13.2. The molecule has 1 fully saturated rings. The van der Waals surface area contributed by atoms with E-state index in [4.69, 9.17) is 16.3 Å². The third-order valence-electron chi connectivity index (χ3n) is 6.27. The van der Waals surface area contributed by atoms with Gasteiger partial charge in [0.1, 0.15) is 17.6 Å². The van der Waals surface area contributed by atoms with E-state index in [2.05, 4.69) is 4.98 Å². The molecule has 3 heterocycles. The number of fused-ring (bicyclic) bond motifs is 1. The summed E-state index contributed by atoms with van der Waals surface area (Å²) in [6.45, 7) is 2.98. The van der Waals surface area contributed by atoms with E-state index in [-0.39, 0.29) is 17.4 Å². The second-order valence-corrected chi connectivity index (χ2v) is 9.09. The van der Waals surface area contributed by atoms with Crippen LogP contribution in [0.15, 0.2) is 66.8 Å². The van der Waals surface area contributed by atoms with Gasteiger partial charge in [0.15, 0.2) is 0 Å². The Kier molecular flexibility index (Phi) is 5.87. The van der Waals surface area contributed by atoms with Crippen molar-refractivity contribution in [2.75, 3.05) is 6.54 Å². The van der Waals surface area contributed by atoms with Gasteiger partial charge in [-0.15, -0.1) is 0 Å². The molecule has 0 aliphatic carbocycles. The van der Waals surface area contributed by atoms with Crippen molar-refractivity contribution in [1.29, 1.82) is 0 Å². The molecule has 2 aliphatic heterocycles. The summed E-state index contributed by atoms with van der Waals surface area (Å²) in [5.74, 6) is -0.716. The first-order valence-electron chi connectivity index (χ1n) is 11.2. The van der Waals surface area contributed by atoms with Gasteiger partial charge < -0.3 is 19.3 Å². The lowest BCUT2D eigenvalue weighted by molar-refractivity contribution is -0.139. The summed E-state index contributed by atoms with van der Waals surface area (Å²) in [6, 6.07) is 11.7. The molecule has 34 heavy (non-hydrogen) atoms. The standard InChI is InChI=1S/C26H24ClN3O4/c1-16-13-19-14-18(5-8-21(19)34-16)24(31)22-23(17-3-6-20(27)7-4-17)30(26(33)25(22)32)11-2-10-29-12-9-28-15-29/h3-9,12,14-16,23,31H,2,10-11,13H2,1H3/b24-22+/t16-,23+/m0/s1. The zero-order valence-electron chi connectivity index (χ0n) is 18.6. The second kappa shape index (κ2) is 8.99. The minimum Gasteiger partial charge on any atom is -0.507 e. The molecular formula is C26H24ClN3O4. The summed E-state index contributed by atoms with van der Waals surface area (Å²) >= 11 is 6.08. The monoisotopic (exact) mass is 477 g/mol. The van der Waals surface area contributed by atoms with Crippen molar-refractivity contribution in [3.63, 3.8) is 0 Å². The first kappa shape index (κ1) is 22.2. The molecule has 2 aliphatic rings. The first-order chi connectivity index (χ1) is 16.4. The van der Waals surface area contributed by atoms with Crippen molar-refractivity contribution in [3.8, 4) is 5.75 Å². The lowest BCUT2D eigenvalue weighted by Gasteiger charge is -2.25. The van der Waals surface area contributed by atoms with Crippen LogP contribution >= 0.6 is 11.6 Å². The van der Waals surface area contributed by atoms with Crippen molar-refractivity contribution in [2.45, 2.75) is 38.5 Å². The Labute approximate surface area is 202 Å². The molecule has 5 rings (SSSR count). The molecule has 7 nitrogen and oxygen atoms in total. The van der Waals surface area contributed by atoms with Gasteiger partial charge in [-0.25, -0.2) is 4.98 Å². The molecular weight excluding hydrogens is 454 g/mol. The highest BCUT2D eigenvalue weighted by atomic mass is 35.5. The van der Waals surface area contributed by atoms with E-state index in [0.717, 1.165) is 17.7 Å². The Bertz CT molecular complexity index is 1270. The number of nitrogens with zero attached hydrogens (tertiary/aromatic N) is 3.